The molecule has 2 aromatic heterocycles. The first-order valence-electron chi connectivity index (χ1n) is 11.6. The predicted molar refractivity (Wildman–Crippen MR) is 136 cm³/mol. The molecular formula is C27H30N4O4. The van der Waals surface area contributed by atoms with Crippen LogP contribution >= 0.6 is 0 Å². The van der Waals surface area contributed by atoms with Crippen LogP contribution in [-0.2, 0) is 24.7 Å². The highest BCUT2D eigenvalue weighted by molar-refractivity contribution is 5.90. The number of rotatable bonds is 8. The molecule has 0 spiro atoms. The van der Waals surface area contributed by atoms with E-state index in [1.54, 1.807) is 20.3 Å². The summed E-state index contributed by atoms with van der Waals surface area (Å²) in [6, 6.07) is 15.2. The third-order valence-electron chi connectivity index (χ3n) is 6.35. The number of carbonyl (C=O) groups is 1. The number of amides is 1. The third-order valence-corrected chi connectivity index (χ3v) is 6.35. The smallest absolute Gasteiger partial charge is 0.277 e. The molecule has 0 aliphatic rings. The lowest BCUT2D eigenvalue weighted by Crippen LogP contribution is -2.26. The van der Waals surface area contributed by atoms with Crippen LogP contribution in [0.5, 0.6) is 11.5 Å². The second-order valence-electron chi connectivity index (χ2n) is 8.40. The summed E-state index contributed by atoms with van der Waals surface area (Å²) >= 11 is 0. The van der Waals surface area contributed by atoms with Crippen LogP contribution < -0.4 is 20.3 Å². The number of methoxy groups -OCH3 is 2. The Morgan fingerprint density at radius 3 is 2.40 bits per heavy atom. The van der Waals surface area contributed by atoms with Crippen molar-refractivity contribution in [1.29, 1.82) is 0 Å². The van der Waals surface area contributed by atoms with Gasteiger partial charge in [0.25, 0.3) is 5.56 Å². The lowest BCUT2D eigenvalue weighted by Gasteiger charge is -2.12. The quantitative estimate of drug-likeness (QED) is 0.414. The van der Waals surface area contributed by atoms with Crippen LogP contribution in [0.4, 0.5) is 5.69 Å². The molecular weight excluding hydrogens is 444 g/mol. The Kier molecular flexibility index (Phi) is 6.91. The molecule has 0 unspecified atom stereocenters. The number of hydrogen-bond donors (Lipinski definition) is 1. The van der Waals surface area contributed by atoms with Gasteiger partial charge in [-0.15, -0.1) is 0 Å². The number of aromatic nitrogens is 3. The van der Waals surface area contributed by atoms with E-state index >= 15 is 0 Å². The van der Waals surface area contributed by atoms with Gasteiger partial charge in [-0.3, -0.25) is 9.59 Å². The molecule has 1 amide bonds. The number of benzene rings is 2. The molecule has 1 N–H and O–H groups in total. The molecule has 0 fully saturated rings. The number of fused-ring (bicyclic) bond motifs is 1. The zero-order chi connectivity index (χ0) is 25.1. The van der Waals surface area contributed by atoms with Crippen molar-refractivity contribution >= 4 is 17.2 Å². The molecule has 0 radical (unpaired) electrons. The van der Waals surface area contributed by atoms with E-state index in [1.807, 2.05) is 61.0 Å². The summed E-state index contributed by atoms with van der Waals surface area (Å²) < 4.78 is 14.0. The van der Waals surface area contributed by atoms with Crippen LogP contribution in [0.15, 0.2) is 53.3 Å². The number of anilines is 1. The zero-order valence-corrected chi connectivity index (χ0v) is 20.7. The van der Waals surface area contributed by atoms with Crippen LogP contribution in [0, 0.1) is 6.92 Å². The van der Waals surface area contributed by atoms with Crippen molar-refractivity contribution in [3.05, 3.63) is 75.7 Å². The molecule has 0 bridgehead atoms. The van der Waals surface area contributed by atoms with Gasteiger partial charge in [0.05, 0.1) is 19.9 Å². The maximum absolute atomic E-state index is 13.3. The average molecular weight is 475 g/mol. The van der Waals surface area contributed by atoms with E-state index in [1.165, 1.54) is 10.1 Å². The minimum Gasteiger partial charge on any atom is -0.493 e. The molecule has 182 valence electrons. The van der Waals surface area contributed by atoms with Gasteiger partial charge in [-0.1, -0.05) is 19.1 Å². The molecule has 0 aliphatic heterocycles. The summed E-state index contributed by atoms with van der Waals surface area (Å²) in [7, 11) is 5.05. The molecule has 0 saturated heterocycles. The van der Waals surface area contributed by atoms with Crippen LogP contribution in [0.25, 0.3) is 16.9 Å². The molecule has 0 saturated carbocycles. The van der Waals surface area contributed by atoms with Gasteiger partial charge in [-0.2, -0.15) is 9.61 Å². The topological polar surface area (TPSA) is 86.9 Å². The molecule has 0 aliphatic carbocycles. The van der Waals surface area contributed by atoms with Crippen molar-refractivity contribution in [3.63, 3.8) is 0 Å². The number of ether oxygens (including phenoxy) is 2. The van der Waals surface area contributed by atoms with Crippen molar-refractivity contribution < 1.29 is 14.3 Å². The van der Waals surface area contributed by atoms with E-state index in [2.05, 4.69) is 17.3 Å². The van der Waals surface area contributed by atoms with E-state index in [0.29, 0.717) is 34.8 Å². The Morgan fingerprint density at radius 1 is 1.03 bits per heavy atom. The Bertz CT molecular complexity index is 1430. The second-order valence-corrected chi connectivity index (χ2v) is 8.40. The van der Waals surface area contributed by atoms with Gasteiger partial charge in [0, 0.05) is 42.0 Å². The van der Waals surface area contributed by atoms with Crippen LogP contribution in [-0.4, -0.2) is 34.3 Å². The highest BCUT2D eigenvalue weighted by Gasteiger charge is 2.17. The van der Waals surface area contributed by atoms with Crippen molar-refractivity contribution in [2.75, 3.05) is 19.5 Å². The van der Waals surface area contributed by atoms with E-state index < -0.39 is 0 Å². The van der Waals surface area contributed by atoms with Crippen molar-refractivity contribution in [2.45, 2.75) is 33.1 Å². The first-order chi connectivity index (χ1) is 16.9. The minimum atomic E-state index is -0.220. The zero-order valence-electron chi connectivity index (χ0n) is 20.7. The summed E-state index contributed by atoms with van der Waals surface area (Å²) in [4.78, 5) is 25.9. The first-order valence-corrected chi connectivity index (χ1v) is 11.6. The van der Waals surface area contributed by atoms with E-state index in [9.17, 15) is 9.59 Å². The summed E-state index contributed by atoms with van der Waals surface area (Å²) in [5.74, 6) is 1.07. The molecule has 0 atom stereocenters. The third kappa shape index (κ3) is 4.77. The Balaban J connectivity index is 1.60. The summed E-state index contributed by atoms with van der Waals surface area (Å²) in [5.41, 5.74) is 5.23. The molecule has 4 rings (SSSR count). The average Bonchev–Trinajstić information content (AvgIpc) is 3.33. The number of nitrogens with zero attached hydrogens (tertiary/aromatic N) is 3. The fraction of sp³-hybridized carbons (Fsp3) is 0.296. The maximum atomic E-state index is 13.3. The van der Waals surface area contributed by atoms with E-state index in [-0.39, 0.29) is 17.9 Å². The number of carbonyl (C=O) groups excluding carboxylic acids is 1. The monoisotopic (exact) mass is 474 g/mol. The number of aryl methyl sites for hydroxylation is 2. The lowest BCUT2D eigenvalue weighted by molar-refractivity contribution is -0.116. The molecule has 35 heavy (non-hydrogen) atoms. The van der Waals surface area contributed by atoms with Crippen molar-refractivity contribution in [2.24, 2.45) is 7.05 Å². The van der Waals surface area contributed by atoms with Crippen LogP contribution in [0.2, 0.25) is 0 Å². The standard InChI is InChI=1S/C27H30N4O4/c1-6-18-7-10-20(11-8-18)28-25(32)14-12-21-17(2)30(3)26-16-22(29-31(26)27(21)33)19-9-13-23(34-4)24(15-19)35-5/h7-11,13,15-16H,6,12,14H2,1-5H3,(H,28,32). The summed E-state index contributed by atoms with van der Waals surface area (Å²) in [6.45, 7) is 3.98. The van der Waals surface area contributed by atoms with Crippen molar-refractivity contribution in [1.82, 2.24) is 14.2 Å². The summed E-state index contributed by atoms with van der Waals surface area (Å²) in [6.07, 6.45) is 1.46. The summed E-state index contributed by atoms with van der Waals surface area (Å²) in [5, 5.41) is 7.48. The van der Waals surface area contributed by atoms with Gasteiger partial charge in [0.1, 0.15) is 5.65 Å². The molecule has 4 aromatic rings. The minimum absolute atomic E-state index is 0.137. The molecule has 2 aromatic carbocycles. The largest absolute Gasteiger partial charge is 0.493 e. The van der Waals surface area contributed by atoms with E-state index in [4.69, 9.17) is 9.47 Å². The molecule has 8 heteroatoms. The second kappa shape index (κ2) is 10.0. The van der Waals surface area contributed by atoms with Gasteiger partial charge in [-0.25, -0.2) is 0 Å². The lowest BCUT2D eigenvalue weighted by atomic mass is 10.1. The fourth-order valence-electron chi connectivity index (χ4n) is 4.13. The maximum Gasteiger partial charge on any atom is 0.277 e. The Labute approximate surface area is 204 Å². The fourth-order valence-corrected chi connectivity index (χ4v) is 4.13. The van der Waals surface area contributed by atoms with Gasteiger partial charge >= 0.3 is 0 Å². The predicted octanol–water partition coefficient (Wildman–Crippen LogP) is 4.16. The van der Waals surface area contributed by atoms with Gasteiger partial charge < -0.3 is 19.4 Å². The number of hydrogen-bond acceptors (Lipinski definition) is 5. The van der Waals surface area contributed by atoms with Gasteiger partial charge in [-0.05, 0) is 55.7 Å². The Morgan fingerprint density at radius 2 is 1.74 bits per heavy atom. The van der Waals surface area contributed by atoms with Crippen LogP contribution in [0.1, 0.15) is 30.2 Å². The highest BCUT2D eigenvalue weighted by Crippen LogP contribution is 2.32. The molecule has 2 heterocycles. The van der Waals surface area contributed by atoms with E-state index in [0.717, 1.165) is 23.4 Å². The molecule has 8 nitrogen and oxygen atoms in total. The van der Waals surface area contributed by atoms with Crippen molar-refractivity contribution in [3.8, 4) is 22.8 Å². The van der Waals surface area contributed by atoms with Crippen LogP contribution in [0.3, 0.4) is 0 Å². The highest BCUT2D eigenvalue weighted by atomic mass is 16.5. The SMILES string of the molecule is CCc1ccc(NC(=O)CCc2c(C)n(C)c3cc(-c4ccc(OC)c(OC)c4)nn3c2=O)cc1. The Hall–Kier alpha value is -4.07. The number of nitrogens with one attached hydrogen (secondary N) is 1. The first kappa shape index (κ1) is 24.1. The normalized spacial score (nSPS) is 11.0. The van der Waals surface area contributed by atoms with Gasteiger partial charge in [0.2, 0.25) is 5.91 Å². The van der Waals surface area contributed by atoms with Gasteiger partial charge in [0.15, 0.2) is 11.5 Å².